The van der Waals surface area contributed by atoms with Crippen molar-refractivity contribution >= 4 is 10.0 Å². The summed E-state index contributed by atoms with van der Waals surface area (Å²) in [4.78, 5) is 0.264. The van der Waals surface area contributed by atoms with Crippen molar-refractivity contribution < 1.29 is 8.42 Å². The van der Waals surface area contributed by atoms with Gasteiger partial charge in [0.05, 0.1) is 4.90 Å². The SMILES string of the molecule is CC(Cc1ccccc1)NS(=O)(=O)c1ccc(CN)cc1. The van der Waals surface area contributed by atoms with Gasteiger partial charge in [-0.25, -0.2) is 13.1 Å². The van der Waals surface area contributed by atoms with E-state index >= 15 is 0 Å². The van der Waals surface area contributed by atoms with Gasteiger partial charge >= 0.3 is 0 Å². The monoisotopic (exact) mass is 304 g/mol. The Balaban J connectivity index is 2.05. The minimum Gasteiger partial charge on any atom is -0.326 e. The van der Waals surface area contributed by atoms with Gasteiger partial charge in [-0.05, 0) is 36.6 Å². The highest BCUT2D eigenvalue weighted by Crippen LogP contribution is 2.12. The van der Waals surface area contributed by atoms with E-state index in [-0.39, 0.29) is 10.9 Å². The number of nitrogens with one attached hydrogen (secondary N) is 1. The smallest absolute Gasteiger partial charge is 0.240 e. The van der Waals surface area contributed by atoms with Crippen molar-refractivity contribution in [1.82, 2.24) is 4.72 Å². The van der Waals surface area contributed by atoms with E-state index in [1.165, 1.54) is 0 Å². The molecule has 0 fully saturated rings. The summed E-state index contributed by atoms with van der Waals surface area (Å²) >= 11 is 0. The van der Waals surface area contributed by atoms with Crippen LogP contribution in [-0.2, 0) is 23.0 Å². The highest BCUT2D eigenvalue weighted by molar-refractivity contribution is 7.89. The van der Waals surface area contributed by atoms with Gasteiger partial charge in [-0.3, -0.25) is 0 Å². The summed E-state index contributed by atoms with van der Waals surface area (Å²) < 4.78 is 27.3. The van der Waals surface area contributed by atoms with E-state index in [9.17, 15) is 8.42 Å². The van der Waals surface area contributed by atoms with Crippen LogP contribution in [0, 0.1) is 0 Å². The van der Waals surface area contributed by atoms with E-state index < -0.39 is 10.0 Å². The number of nitrogens with two attached hydrogens (primary N) is 1. The molecule has 0 radical (unpaired) electrons. The van der Waals surface area contributed by atoms with Crippen molar-refractivity contribution in [3.05, 3.63) is 65.7 Å². The van der Waals surface area contributed by atoms with Gasteiger partial charge in [-0.2, -0.15) is 0 Å². The van der Waals surface area contributed by atoms with Crippen LogP contribution in [0.25, 0.3) is 0 Å². The second-order valence-corrected chi connectivity index (χ2v) is 6.77. The number of hydrogen-bond donors (Lipinski definition) is 2. The lowest BCUT2D eigenvalue weighted by Crippen LogP contribution is -2.34. The van der Waals surface area contributed by atoms with Gasteiger partial charge in [0.25, 0.3) is 0 Å². The molecule has 0 bridgehead atoms. The van der Waals surface area contributed by atoms with Crippen molar-refractivity contribution in [3.8, 4) is 0 Å². The summed E-state index contributed by atoms with van der Waals surface area (Å²) in [6, 6.07) is 16.3. The summed E-state index contributed by atoms with van der Waals surface area (Å²) in [5.41, 5.74) is 7.52. The third kappa shape index (κ3) is 4.39. The lowest BCUT2D eigenvalue weighted by Gasteiger charge is -2.14. The Morgan fingerprint density at radius 3 is 2.19 bits per heavy atom. The molecule has 2 aromatic rings. The molecule has 3 N–H and O–H groups in total. The molecule has 0 aliphatic heterocycles. The zero-order valence-electron chi connectivity index (χ0n) is 12.0. The Morgan fingerprint density at radius 1 is 1.00 bits per heavy atom. The van der Waals surface area contributed by atoms with Crippen molar-refractivity contribution in [2.75, 3.05) is 0 Å². The van der Waals surface area contributed by atoms with Crippen LogP contribution in [0.2, 0.25) is 0 Å². The Bertz CT molecular complexity index is 667. The first-order valence-electron chi connectivity index (χ1n) is 6.86. The van der Waals surface area contributed by atoms with Gasteiger partial charge in [0.1, 0.15) is 0 Å². The highest BCUT2D eigenvalue weighted by atomic mass is 32.2. The first kappa shape index (κ1) is 15.7. The summed E-state index contributed by atoms with van der Waals surface area (Å²) in [5, 5.41) is 0. The van der Waals surface area contributed by atoms with Gasteiger partial charge in [0.15, 0.2) is 0 Å². The normalized spacial score (nSPS) is 13.0. The third-order valence-corrected chi connectivity index (χ3v) is 4.82. The van der Waals surface area contributed by atoms with Crippen molar-refractivity contribution in [3.63, 3.8) is 0 Å². The zero-order valence-corrected chi connectivity index (χ0v) is 12.8. The maximum atomic E-state index is 12.3. The van der Waals surface area contributed by atoms with Crippen LogP contribution < -0.4 is 10.5 Å². The minimum atomic E-state index is -3.50. The van der Waals surface area contributed by atoms with E-state index in [1.807, 2.05) is 37.3 Å². The molecular weight excluding hydrogens is 284 g/mol. The third-order valence-electron chi connectivity index (χ3n) is 3.21. The standard InChI is InChI=1S/C16H20N2O2S/c1-13(11-14-5-3-2-4-6-14)18-21(19,20)16-9-7-15(12-17)8-10-16/h2-10,13,18H,11-12,17H2,1H3. The average molecular weight is 304 g/mol. The number of hydrogen-bond acceptors (Lipinski definition) is 3. The quantitative estimate of drug-likeness (QED) is 0.858. The first-order valence-corrected chi connectivity index (χ1v) is 8.35. The fraction of sp³-hybridized carbons (Fsp3) is 0.250. The molecule has 2 rings (SSSR count). The van der Waals surface area contributed by atoms with Crippen molar-refractivity contribution in [2.24, 2.45) is 5.73 Å². The molecule has 1 unspecified atom stereocenters. The lowest BCUT2D eigenvalue weighted by molar-refractivity contribution is 0.560. The van der Waals surface area contributed by atoms with E-state index in [4.69, 9.17) is 5.73 Å². The van der Waals surface area contributed by atoms with Crippen LogP contribution in [0.4, 0.5) is 0 Å². The van der Waals surface area contributed by atoms with E-state index in [0.717, 1.165) is 11.1 Å². The summed E-state index contributed by atoms with van der Waals surface area (Å²) in [6.07, 6.45) is 0.654. The molecule has 5 heteroatoms. The summed E-state index contributed by atoms with van der Waals surface area (Å²) in [5.74, 6) is 0. The Labute approximate surface area is 126 Å². The molecule has 0 aliphatic carbocycles. The molecule has 0 aromatic heterocycles. The van der Waals surface area contributed by atoms with Gasteiger partial charge in [0, 0.05) is 12.6 Å². The second-order valence-electron chi connectivity index (χ2n) is 5.06. The molecule has 21 heavy (non-hydrogen) atoms. The van der Waals surface area contributed by atoms with Gasteiger partial charge in [-0.15, -0.1) is 0 Å². The molecule has 0 aliphatic rings. The van der Waals surface area contributed by atoms with Gasteiger partial charge in [0.2, 0.25) is 10.0 Å². The fourth-order valence-corrected chi connectivity index (χ4v) is 3.39. The van der Waals surface area contributed by atoms with Crippen molar-refractivity contribution in [2.45, 2.75) is 30.8 Å². The van der Waals surface area contributed by atoms with Crippen molar-refractivity contribution in [1.29, 1.82) is 0 Å². The van der Waals surface area contributed by atoms with Crippen LogP contribution >= 0.6 is 0 Å². The molecular formula is C16H20N2O2S. The molecule has 2 aromatic carbocycles. The molecule has 0 amide bonds. The fourth-order valence-electron chi connectivity index (χ4n) is 2.15. The number of sulfonamides is 1. The van der Waals surface area contributed by atoms with E-state index in [2.05, 4.69) is 4.72 Å². The lowest BCUT2D eigenvalue weighted by atomic mass is 10.1. The minimum absolute atomic E-state index is 0.174. The Hall–Kier alpha value is -1.69. The van der Waals surface area contributed by atoms with Crippen LogP contribution in [0.1, 0.15) is 18.1 Å². The summed E-state index contributed by atoms with van der Waals surface area (Å²) in [6.45, 7) is 2.26. The van der Waals surface area contributed by atoms with Crippen LogP contribution in [-0.4, -0.2) is 14.5 Å². The second kappa shape index (κ2) is 6.85. The predicted octanol–water partition coefficient (Wildman–Crippen LogP) is 2.05. The van der Waals surface area contributed by atoms with Crippen LogP contribution in [0.15, 0.2) is 59.5 Å². The molecule has 0 saturated carbocycles. The predicted molar refractivity (Wildman–Crippen MR) is 84.3 cm³/mol. The molecule has 1 atom stereocenters. The largest absolute Gasteiger partial charge is 0.326 e. The zero-order chi connectivity index (χ0) is 15.3. The Morgan fingerprint density at radius 2 is 1.62 bits per heavy atom. The number of benzene rings is 2. The Kier molecular flexibility index (Phi) is 5.12. The highest BCUT2D eigenvalue weighted by Gasteiger charge is 2.17. The summed E-state index contributed by atoms with van der Waals surface area (Å²) in [7, 11) is -3.50. The molecule has 4 nitrogen and oxygen atoms in total. The first-order chi connectivity index (χ1) is 10.0. The topological polar surface area (TPSA) is 72.2 Å². The van der Waals surface area contributed by atoms with Crippen LogP contribution in [0.3, 0.4) is 0 Å². The molecule has 112 valence electrons. The molecule has 0 saturated heterocycles. The average Bonchev–Trinajstić information content (AvgIpc) is 2.47. The van der Waals surface area contributed by atoms with E-state index in [0.29, 0.717) is 13.0 Å². The van der Waals surface area contributed by atoms with Gasteiger partial charge < -0.3 is 5.73 Å². The number of rotatable bonds is 6. The maximum Gasteiger partial charge on any atom is 0.240 e. The van der Waals surface area contributed by atoms with E-state index in [1.54, 1.807) is 24.3 Å². The molecule has 0 heterocycles. The van der Waals surface area contributed by atoms with Crippen LogP contribution in [0.5, 0.6) is 0 Å². The molecule has 0 spiro atoms. The van der Waals surface area contributed by atoms with Gasteiger partial charge in [-0.1, -0.05) is 42.5 Å². The maximum absolute atomic E-state index is 12.3.